The Kier molecular flexibility index (Phi) is 5.05. The topological polar surface area (TPSA) is 69.0 Å². The van der Waals surface area contributed by atoms with E-state index in [4.69, 9.17) is 13.9 Å². The molecule has 30 heavy (non-hydrogen) atoms. The Bertz CT molecular complexity index is 1010. The second kappa shape index (κ2) is 7.73. The average molecular weight is 411 g/mol. The van der Waals surface area contributed by atoms with Crippen LogP contribution in [0.4, 0.5) is 0 Å². The summed E-state index contributed by atoms with van der Waals surface area (Å²) in [6.07, 6.45) is 7.26. The van der Waals surface area contributed by atoms with E-state index in [1.807, 2.05) is 17.0 Å². The van der Waals surface area contributed by atoms with Gasteiger partial charge in [-0.2, -0.15) is 0 Å². The molecule has 1 aliphatic carbocycles. The Morgan fingerprint density at radius 3 is 2.60 bits per heavy atom. The Balaban J connectivity index is 1.29. The number of benzene rings is 1. The number of amides is 1. The molecule has 2 aliphatic heterocycles. The van der Waals surface area contributed by atoms with Crippen LogP contribution in [0.5, 0.6) is 5.75 Å². The van der Waals surface area contributed by atoms with E-state index in [9.17, 15) is 9.59 Å². The van der Waals surface area contributed by atoms with Gasteiger partial charge in [-0.1, -0.05) is 0 Å². The monoisotopic (exact) mass is 411 g/mol. The minimum Gasteiger partial charge on any atom is -0.481 e. The highest BCUT2D eigenvalue weighted by atomic mass is 16.5. The first kappa shape index (κ1) is 19.6. The van der Waals surface area contributed by atoms with E-state index in [2.05, 4.69) is 0 Å². The van der Waals surface area contributed by atoms with E-state index < -0.39 is 6.10 Å². The van der Waals surface area contributed by atoms with Crippen LogP contribution < -0.4 is 10.4 Å². The first-order valence-electron chi connectivity index (χ1n) is 11.2. The number of carbonyl (C=O) groups is 1. The molecule has 1 amide bonds. The van der Waals surface area contributed by atoms with Crippen molar-refractivity contribution in [1.82, 2.24) is 4.90 Å². The van der Waals surface area contributed by atoms with Crippen molar-refractivity contribution in [2.45, 2.75) is 70.0 Å². The summed E-state index contributed by atoms with van der Waals surface area (Å²) < 4.78 is 17.5. The molecule has 1 atom stereocenters. The molecule has 1 spiro atoms. The third kappa shape index (κ3) is 3.51. The molecule has 0 bridgehead atoms. The lowest BCUT2D eigenvalue weighted by Gasteiger charge is -2.39. The van der Waals surface area contributed by atoms with Crippen LogP contribution in [0, 0.1) is 0 Å². The molecule has 1 aromatic heterocycles. The summed E-state index contributed by atoms with van der Waals surface area (Å²) in [5, 5.41) is 0.980. The number of piperidine rings is 1. The molecular weight excluding hydrogens is 382 g/mol. The van der Waals surface area contributed by atoms with Crippen molar-refractivity contribution in [1.29, 1.82) is 0 Å². The molecule has 0 radical (unpaired) electrons. The molecule has 6 heteroatoms. The van der Waals surface area contributed by atoms with Gasteiger partial charge in [-0.25, -0.2) is 4.79 Å². The largest absolute Gasteiger partial charge is 0.481 e. The summed E-state index contributed by atoms with van der Waals surface area (Å²) in [4.78, 5) is 27.1. The number of carbonyl (C=O) groups excluding carboxylic acids is 1. The van der Waals surface area contributed by atoms with Crippen molar-refractivity contribution in [3.05, 3.63) is 39.7 Å². The molecule has 160 valence electrons. The summed E-state index contributed by atoms with van der Waals surface area (Å²) in [5.41, 5.74) is 2.22. The van der Waals surface area contributed by atoms with Crippen LogP contribution in [0.1, 0.15) is 56.6 Å². The minimum atomic E-state index is -0.592. The zero-order chi connectivity index (χ0) is 20.7. The molecule has 3 heterocycles. The highest BCUT2D eigenvalue weighted by Crippen LogP contribution is 2.36. The first-order valence-corrected chi connectivity index (χ1v) is 11.2. The Morgan fingerprint density at radius 2 is 1.87 bits per heavy atom. The van der Waals surface area contributed by atoms with Gasteiger partial charge in [-0.3, -0.25) is 4.79 Å². The van der Waals surface area contributed by atoms with E-state index in [0.29, 0.717) is 24.4 Å². The standard InChI is InChI=1S/C24H29NO5/c1-16(22(26)25-12-10-24(11-13-25)9-4-14-28-24)29-17-7-8-19-18-5-2-3-6-20(18)23(27)30-21(19)15-17/h7-8,15-16H,2-6,9-14H2,1H3. The lowest BCUT2D eigenvalue weighted by Crippen LogP contribution is -2.49. The van der Waals surface area contributed by atoms with Gasteiger partial charge in [0.15, 0.2) is 6.10 Å². The van der Waals surface area contributed by atoms with Gasteiger partial charge in [-0.05, 0) is 76.0 Å². The van der Waals surface area contributed by atoms with Crippen LogP contribution in [0.15, 0.2) is 27.4 Å². The number of ether oxygens (including phenoxy) is 2. The van der Waals surface area contributed by atoms with Crippen molar-refractivity contribution in [2.75, 3.05) is 19.7 Å². The molecule has 2 fully saturated rings. The number of nitrogens with zero attached hydrogens (tertiary/aromatic N) is 1. The predicted molar refractivity (Wildman–Crippen MR) is 113 cm³/mol. The van der Waals surface area contributed by atoms with E-state index in [0.717, 1.165) is 74.5 Å². The molecule has 5 rings (SSSR count). The van der Waals surface area contributed by atoms with Gasteiger partial charge in [0.05, 0.1) is 5.60 Å². The molecule has 6 nitrogen and oxygen atoms in total. The van der Waals surface area contributed by atoms with Crippen LogP contribution in [0.3, 0.4) is 0 Å². The summed E-state index contributed by atoms with van der Waals surface area (Å²) in [6, 6.07) is 5.57. The number of likely N-dealkylation sites (tertiary alicyclic amines) is 1. The van der Waals surface area contributed by atoms with Crippen LogP contribution in [0.2, 0.25) is 0 Å². The van der Waals surface area contributed by atoms with Crippen LogP contribution in [-0.2, 0) is 22.4 Å². The zero-order valence-corrected chi connectivity index (χ0v) is 17.6. The van der Waals surface area contributed by atoms with Crippen LogP contribution in [-0.4, -0.2) is 42.2 Å². The SMILES string of the molecule is CC(Oc1ccc2c3c(c(=O)oc2c1)CCCC3)C(=O)N1CCC2(CCCO2)CC1. The van der Waals surface area contributed by atoms with E-state index in [-0.39, 0.29) is 17.1 Å². The fourth-order valence-corrected chi connectivity index (χ4v) is 5.29. The van der Waals surface area contributed by atoms with Crippen molar-refractivity contribution >= 4 is 16.9 Å². The van der Waals surface area contributed by atoms with Crippen molar-refractivity contribution in [2.24, 2.45) is 0 Å². The molecule has 0 saturated carbocycles. The normalized spacial score (nSPS) is 21.6. The Morgan fingerprint density at radius 1 is 1.10 bits per heavy atom. The molecule has 2 saturated heterocycles. The number of hydrogen-bond acceptors (Lipinski definition) is 5. The van der Waals surface area contributed by atoms with Gasteiger partial charge in [0.25, 0.3) is 5.91 Å². The summed E-state index contributed by atoms with van der Waals surface area (Å²) >= 11 is 0. The van der Waals surface area contributed by atoms with Crippen molar-refractivity contribution in [3.63, 3.8) is 0 Å². The quantitative estimate of drug-likeness (QED) is 0.722. The number of fused-ring (bicyclic) bond motifs is 3. The molecule has 1 unspecified atom stereocenters. The maximum absolute atomic E-state index is 12.9. The maximum atomic E-state index is 12.9. The van der Waals surface area contributed by atoms with Gasteiger partial charge in [0, 0.05) is 36.7 Å². The molecule has 3 aliphatic rings. The third-order valence-electron chi connectivity index (χ3n) is 7.03. The fourth-order valence-electron chi connectivity index (χ4n) is 5.29. The fraction of sp³-hybridized carbons (Fsp3) is 0.583. The first-order chi connectivity index (χ1) is 14.5. The van der Waals surface area contributed by atoms with E-state index in [1.54, 1.807) is 13.0 Å². The number of rotatable bonds is 3. The smallest absolute Gasteiger partial charge is 0.339 e. The Hall–Kier alpha value is -2.34. The second-order valence-electron chi connectivity index (χ2n) is 8.93. The molecule has 0 N–H and O–H groups in total. The van der Waals surface area contributed by atoms with Crippen molar-refractivity contribution < 1.29 is 18.7 Å². The van der Waals surface area contributed by atoms with Gasteiger partial charge in [0.2, 0.25) is 0 Å². The average Bonchev–Trinajstić information content (AvgIpc) is 3.22. The number of aryl methyl sites for hydroxylation is 1. The second-order valence-corrected chi connectivity index (χ2v) is 8.93. The lowest BCUT2D eigenvalue weighted by molar-refractivity contribution is -0.142. The van der Waals surface area contributed by atoms with Crippen molar-refractivity contribution in [3.8, 4) is 5.75 Å². The van der Waals surface area contributed by atoms with E-state index in [1.165, 1.54) is 0 Å². The minimum absolute atomic E-state index is 0.00407. The van der Waals surface area contributed by atoms with Gasteiger partial charge >= 0.3 is 5.63 Å². The third-order valence-corrected chi connectivity index (χ3v) is 7.03. The predicted octanol–water partition coefficient (Wildman–Crippen LogP) is 3.61. The lowest BCUT2D eigenvalue weighted by atomic mass is 9.88. The zero-order valence-electron chi connectivity index (χ0n) is 17.6. The van der Waals surface area contributed by atoms with Gasteiger partial charge in [-0.15, -0.1) is 0 Å². The van der Waals surface area contributed by atoms with E-state index >= 15 is 0 Å². The highest BCUT2D eigenvalue weighted by molar-refractivity contribution is 5.84. The number of hydrogen-bond donors (Lipinski definition) is 0. The van der Waals surface area contributed by atoms with Gasteiger partial charge in [0.1, 0.15) is 11.3 Å². The summed E-state index contributed by atoms with van der Waals surface area (Å²) in [7, 11) is 0. The molecular formula is C24H29NO5. The van der Waals surface area contributed by atoms with Crippen LogP contribution in [0.25, 0.3) is 11.0 Å². The Labute approximate surface area is 176 Å². The maximum Gasteiger partial charge on any atom is 0.339 e. The summed E-state index contributed by atoms with van der Waals surface area (Å²) in [5.74, 6) is 0.546. The molecule has 2 aromatic rings. The van der Waals surface area contributed by atoms with Gasteiger partial charge < -0.3 is 18.8 Å². The van der Waals surface area contributed by atoms with Crippen LogP contribution >= 0.6 is 0 Å². The highest BCUT2D eigenvalue weighted by Gasteiger charge is 2.40. The summed E-state index contributed by atoms with van der Waals surface area (Å²) in [6.45, 7) is 4.05. The molecule has 1 aromatic carbocycles.